The minimum atomic E-state index is -3.76. The van der Waals surface area contributed by atoms with Gasteiger partial charge in [0.2, 0.25) is 0 Å². The van der Waals surface area contributed by atoms with E-state index in [1.165, 1.54) is 29.7 Å². The summed E-state index contributed by atoms with van der Waals surface area (Å²) < 4.78 is 28.6. The van der Waals surface area contributed by atoms with E-state index in [1.54, 1.807) is 19.1 Å². The second-order valence-electron chi connectivity index (χ2n) is 4.18. The van der Waals surface area contributed by atoms with Crippen molar-refractivity contribution >= 4 is 15.7 Å². The van der Waals surface area contributed by atoms with Crippen LogP contribution in [0.15, 0.2) is 42.1 Å². The molecule has 0 radical (unpaired) electrons. The zero-order chi connectivity index (χ0) is 14.9. The Bertz CT molecular complexity index is 854. The van der Waals surface area contributed by atoms with Gasteiger partial charge >= 0.3 is 0 Å². The Kier molecular flexibility index (Phi) is 3.14. The maximum atomic E-state index is 12.4. The van der Waals surface area contributed by atoms with E-state index in [0.717, 1.165) is 0 Å². The van der Waals surface area contributed by atoms with Crippen LogP contribution in [0.5, 0.6) is 0 Å². The third kappa shape index (κ3) is 2.48. The van der Waals surface area contributed by atoms with Crippen molar-refractivity contribution in [1.82, 2.24) is 29.9 Å². The molecule has 0 saturated heterocycles. The van der Waals surface area contributed by atoms with Crippen molar-refractivity contribution < 1.29 is 8.42 Å². The molecule has 0 fully saturated rings. The quantitative estimate of drug-likeness (QED) is 0.724. The van der Waals surface area contributed by atoms with Crippen molar-refractivity contribution in [3.05, 3.63) is 42.9 Å². The fourth-order valence-corrected chi connectivity index (χ4v) is 2.99. The van der Waals surface area contributed by atoms with Crippen molar-refractivity contribution in [2.24, 2.45) is 0 Å². The molecule has 108 valence electrons. The van der Waals surface area contributed by atoms with Crippen LogP contribution in [0, 0.1) is 6.92 Å². The van der Waals surface area contributed by atoms with Gasteiger partial charge in [-0.3, -0.25) is 9.82 Å². The smallest absolute Gasteiger partial charge is 0.265 e. The highest BCUT2D eigenvalue weighted by atomic mass is 32.2. The van der Waals surface area contributed by atoms with Crippen molar-refractivity contribution in [2.75, 3.05) is 4.72 Å². The minimum absolute atomic E-state index is 0.0795. The maximum absolute atomic E-state index is 12.4. The molecule has 2 N–H and O–H groups in total. The molecule has 0 bridgehead atoms. The number of sulfonamides is 1. The largest absolute Gasteiger partial charge is 0.281 e. The number of rotatable bonds is 4. The Morgan fingerprint density at radius 3 is 2.90 bits per heavy atom. The average molecular weight is 305 g/mol. The fourth-order valence-electron chi connectivity index (χ4n) is 1.79. The lowest BCUT2D eigenvalue weighted by molar-refractivity contribution is 0.600. The predicted molar refractivity (Wildman–Crippen MR) is 73.3 cm³/mol. The molecule has 0 saturated carbocycles. The van der Waals surface area contributed by atoms with Gasteiger partial charge in [0.1, 0.15) is 17.6 Å². The molecule has 3 aromatic rings. The molecule has 0 spiro atoms. The molecule has 10 heteroatoms. The number of anilines is 1. The first-order valence-corrected chi connectivity index (χ1v) is 7.39. The maximum Gasteiger partial charge on any atom is 0.265 e. The summed E-state index contributed by atoms with van der Waals surface area (Å²) in [5, 5.41) is 10.3. The van der Waals surface area contributed by atoms with Gasteiger partial charge in [-0.2, -0.15) is 10.2 Å². The van der Waals surface area contributed by atoms with Gasteiger partial charge < -0.3 is 0 Å². The minimum Gasteiger partial charge on any atom is -0.281 e. The Morgan fingerprint density at radius 2 is 2.24 bits per heavy atom. The Labute approximate surface area is 120 Å². The van der Waals surface area contributed by atoms with E-state index in [4.69, 9.17) is 0 Å². The van der Waals surface area contributed by atoms with Gasteiger partial charge in [-0.05, 0) is 19.1 Å². The summed E-state index contributed by atoms with van der Waals surface area (Å²) >= 11 is 0. The zero-order valence-electron chi connectivity index (χ0n) is 10.9. The first-order chi connectivity index (χ1) is 10.1. The summed E-state index contributed by atoms with van der Waals surface area (Å²) in [6, 6.07) is 3.22. The SMILES string of the molecule is Cc1[nH]ncc1S(=O)(=O)Nc1cccnc1-n1cncn1. The number of aryl methyl sites for hydroxylation is 1. The lowest BCUT2D eigenvalue weighted by atomic mass is 10.4. The van der Waals surface area contributed by atoms with Crippen molar-refractivity contribution in [3.8, 4) is 5.82 Å². The molecular weight excluding hydrogens is 294 g/mol. The zero-order valence-corrected chi connectivity index (χ0v) is 11.7. The lowest BCUT2D eigenvalue weighted by Gasteiger charge is -2.10. The summed E-state index contributed by atoms with van der Waals surface area (Å²) in [5.74, 6) is 0.333. The molecule has 9 nitrogen and oxygen atoms in total. The number of nitrogens with zero attached hydrogens (tertiary/aromatic N) is 5. The van der Waals surface area contributed by atoms with Crippen LogP contribution in [-0.4, -0.2) is 38.4 Å². The average Bonchev–Trinajstić information content (AvgIpc) is 3.10. The summed E-state index contributed by atoms with van der Waals surface area (Å²) in [6.07, 6.45) is 5.57. The molecule has 0 aliphatic rings. The van der Waals surface area contributed by atoms with Gasteiger partial charge in [0.05, 0.1) is 17.6 Å². The molecule has 0 atom stereocenters. The van der Waals surface area contributed by atoms with E-state index in [-0.39, 0.29) is 4.90 Å². The molecule has 0 aliphatic carbocycles. The molecule has 3 rings (SSSR count). The standard InChI is InChI=1S/C11H11N7O2S/c1-8-10(5-14-16-8)21(19,20)17-9-3-2-4-13-11(9)18-7-12-6-15-18/h2-7,17H,1H3,(H,14,16). The first kappa shape index (κ1) is 13.2. The summed E-state index contributed by atoms with van der Waals surface area (Å²) in [6.45, 7) is 1.63. The second kappa shape index (κ2) is 4.98. The van der Waals surface area contributed by atoms with E-state index in [9.17, 15) is 8.42 Å². The number of H-pyrrole nitrogens is 1. The molecule has 21 heavy (non-hydrogen) atoms. The first-order valence-electron chi connectivity index (χ1n) is 5.91. The number of aromatic nitrogens is 6. The van der Waals surface area contributed by atoms with Gasteiger partial charge in [-0.15, -0.1) is 0 Å². The fraction of sp³-hybridized carbons (Fsp3) is 0.0909. The second-order valence-corrected chi connectivity index (χ2v) is 5.83. The van der Waals surface area contributed by atoms with E-state index in [1.807, 2.05) is 0 Å². The van der Waals surface area contributed by atoms with Crippen LogP contribution in [-0.2, 0) is 10.0 Å². The molecular formula is C11H11N7O2S. The number of hydrogen-bond donors (Lipinski definition) is 2. The van der Waals surface area contributed by atoms with Gasteiger partial charge in [0, 0.05) is 6.20 Å². The summed E-state index contributed by atoms with van der Waals surface area (Å²) in [7, 11) is -3.76. The van der Waals surface area contributed by atoms with E-state index < -0.39 is 10.0 Å². The van der Waals surface area contributed by atoms with Gasteiger partial charge in [-0.1, -0.05) is 0 Å². The molecule has 3 heterocycles. The van der Waals surface area contributed by atoms with Gasteiger partial charge in [0.15, 0.2) is 5.82 Å². The van der Waals surface area contributed by atoms with Crippen LogP contribution in [0.1, 0.15) is 5.69 Å². The van der Waals surface area contributed by atoms with Gasteiger partial charge in [-0.25, -0.2) is 23.1 Å². The molecule has 0 aromatic carbocycles. The van der Waals surface area contributed by atoms with Crippen molar-refractivity contribution in [1.29, 1.82) is 0 Å². The summed E-state index contributed by atoms with van der Waals surface area (Å²) in [5.41, 5.74) is 0.747. The van der Waals surface area contributed by atoms with Crippen LogP contribution in [0.25, 0.3) is 5.82 Å². The highest BCUT2D eigenvalue weighted by Gasteiger charge is 2.20. The van der Waals surface area contributed by atoms with Crippen LogP contribution >= 0.6 is 0 Å². The monoisotopic (exact) mass is 305 g/mol. The Balaban J connectivity index is 2.02. The number of aromatic amines is 1. The normalized spacial score (nSPS) is 11.5. The number of nitrogens with one attached hydrogen (secondary N) is 2. The molecule has 3 aromatic heterocycles. The van der Waals surface area contributed by atoms with Crippen molar-refractivity contribution in [2.45, 2.75) is 11.8 Å². The topological polar surface area (TPSA) is 118 Å². The third-order valence-corrected chi connectivity index (χ3v) is 4.22. The van der Waals surface area contributed by atoms with Crippen LogP contribution in [0.4, 0.5) is 5.69 Å². The Morgan fingerprint density at radius 1 is 1.38 bits per heavy atom. The molecule has 0 unspecified atom stereocenters. The molecule has 0 aliphatic heterocycles. The van der Waals surface area contributed by atoms with Crippen LogP contribution in [0.2, 0.25) is 0 Å². The van der Waals surface area contributed by atoms with E-state index >= 15 is 0 Å². The number of pyridine rings is 1. The Hall–Kier alpha value is -2.75. The van der Waals surface area contributed by atoms with Crippen LogP contribution in [0.3, 0.4) is 0 Å². The van der Waals surface area contributed by atoms with Gasteiger partial charge in [0.25, 0.3) is 10.0 Å². The number of hydrogen-bond acceptors (Lipinski definition) is 6. The van der Waals surface area contributed by atoms with Crippen molar-refractivity contribution in [3.63, 3.8) is 0 Å². The predicted octanol–water partition coefficient (Wildman–Crippen LogP) is 0.495. The highest BCUT2D eigenvalue weighted by Crippen LogP contribution is 2.21. The molecule has 0 amide bonds. The van der Waals surface area contributed by atoms with E-state index in [0.29, 0.717) is 17.2 Å². The van der Waals surface area contributed by atoms with E-state index in [2.05, 4.69) is 30.0 Å². The third-order valence-electron chi connectivity index (χ3n) is 2.74. The van der Waals surface area contributed by atoms with Crippen LogP contribution < -0.4 is 4.72 Å². The summed E-state index contributed by atoms with van der Waals surface area (Å²) in [4.78, 5) is 8.02. The lowest BCUT2D eigenvalue weighted by Crippen LogP contribution is -2.15. The highest BCUT2D eigenvalue weighted by molar-refractivity contribution is 7.92.